The van der Waals surface area contributed by atoms with Crippen LogP contribution in [-0.4, -0.2) is 69.2 Å². The second-order valence-corrected chi connectivity index (χ2v) is 7.55. The molecule has 1 N–H and O–H groups in total. The number of benzene rings is 1. The SMILES string of the molecule is CN=C(NCC1(N(C)C)CCOCC1)N(C)Cc1ccc(Cl)c(Cl)c1.I. The largest absolute Gasteiger partial charge is 0.381 e. The molecule has 148 valence electrons. The summed E-state index contributed by atoms with van der Waals surface area (Å²) in [6, 6.07) is 5.71. The highest BCUT2D eigenvalue weighted by Gasteiger charge is 2.35. The van der Waals surface area contributed by atoms with Gasteiger partial charge in [-0.3, -0.25) is 4.99 Å². The molecule has 1 fully saturated rings. The van der Waals surface area contributed by atoms with Crippen molar-refractivity contribution < 1.29 is 4.74 Å². The van der Waals surface area contributed by atoms with Gasteiger partial charge in [-0.2, -0.15) is 0 Å². The van der Waals surface area contributed by atoms with Crippen LogP contribution in [0, 0.1) is 0 Å². The molecule has 5 nitrogen and oxygen atoms in total. The van der Waals surface area contributed by atoms with E-state index in [9.17, 15) is 0 Å². The summed E-state index contributed by atoms with van der Waals surface area (Å²) in [4.78, 5) is 8.81. The third-order valence-electron chi connectivity index (χ3n) is 4.92. The Morgan fingerprint density at radius 1 is 1.19 bits per heavy atom. The van der Waals surface area contributed by atoms with Crippen molar-refractivity contribution in [3.8, 4) is 0 Å². The Hall–Kier alpha value is -0.280. The third-order valence-corrected chi connectivity index (χ3v) is 5.66. The van der Waals surface area contributed by atoms with Gasteiger partial charge in [-0.25, -0.2) is 0 Å². The molecule has 0 radical (unpaired) electrons. The van der Waals surface area contributed by atoms with Crippen LogP contribution in [0.5, 0.6) is 0 Å². The molecule has 0 bridgehead atoms. The Morgan fingerprint density at radius 3 is 2.38 bits per heavy atom. The topological polar surface area (TPSA) is 40.1 Å². The zero-order valence-corrected chi connectivity index (χ0v) is 19.7. The lowest BCUT2D eigenvalue weighted by atomic mass is 9.88. The van der Waals surface area contributed by atoms with Gasteiger partial charge in [0.2, 0.25) is 0 Å². The molecule has 1 aromatic rings. The van der Waals surface area contributed by atoms with E-state index in [1.165, 1.54) is 0 Å². The average molecular weight is 515 g/mol. The zero-order chi connectivity index (χ0) is 18.4. The molecule has 26 heavy (non-hydrogen) atoms. The minimum Gasteiger partial charge on any atom is -0.381 e. The molecule has 0 aliphatic carbocycles. The molecule has 2 rings (SSSR count). The number of likely N-dealkylation sites (N-methyl/N-ethyl adjacent to an activating group) is 1. The Bertz CT molecular complexity index is 607. The van der Waals surface area contributed by atoms with Gasteiger partial charge < -0.3 is 19.9 Å². The van der Waals surface area contributed by atoms with E-state index in [-0.39, 0.29) is 29.5 Å². The van der Waals surface area contributed by atoms with Crippen LogP contribution in [0.15, 0.2) is 23.2 Å². The molecule has 1 aliphatic heterocycles. The van der Waals surface area contributed by atoms with Crippen molar-refractivity contribution >= 4 is 53.1 Å². The van der Waals surface area contributed by atoms with Crippen LogP contribution in [0.2, 0.25) is 10.0 Å². The predicted octanol–water partition coefficient (Wildman–Crippen LogP) is 3.73. The van der Waals surface area contributed by atoms with E-state index in [1.807, 2.05) is 25.2 Å². The zero-order valence-electron chi connectivity index (χ0n) is 15.9. The van der Waals surface area contributed by atoms with Crippen molar-refractivity contribution in [2.45, 2.75) is 24.9 Å². The summed E-state index contributed by atoms with van der Waals surface area (Å²) in [5.41, 5.74) is 1.19. The van der Waals surface area contributed by atoms with Crippen LogP contribution in [0.25, 0.3) is 0 Å². The van der Waals surface area contributed by atoms with E-state index in [0.717, 1.165) is 44.1 Å². The number of aliphatic imine (C=N–C) groups is 1. The lowest BCUT2D eigenvalue weighted by Crippen LogP contribution is -2.57. The van der Waals surface area contributed by atoms with Gasteiger partial charge in [-0.15, -0.1) is 24.0 Å². The van der Waals surface area contributed by atoms with Gasteiger partial charge in [0.25, 0.3) is 0 Å². The Balaban J connectivity index is 0.00000338. The first-order valence-electron chi connectivity index (χ1n) is 8.49. The van der Waals surface area contributed by atoms with Crippen molar-refractivity contribution in [2.24, 2.45) is 4.99 Å². The predicted molar refractivity (Wildman–Crippen MR) is 121 cm³/mol. The first kappa shape index (κ1) is 23.8. The second-order valence-electron chi connectivity index (χ2n) is 6.74. The second kappa shape index (κ2) is 10.9. The van der Waals surface area contributed by atoms with Crippen molar-refractivity contribution in [1.82, 2.24) is 15.1 Å². The van der Waals surface area contributed by atoms with Crippen LogP contribution in [0.4, 0.5) is 0 Å². The first-order valence-corrected chi connectivity index (χ1v) is 9.24. The first-order chi connectivity index (χ1) is 11.9. The minimum absolute atomic E-state index is 0. The van der Waals surface area contributed by atoms with E-state index < -0.39 is 0 Å². The van der Waals surface area contributed by atoms with Crippen LogP contribution in [0.3, 0.4) is 0 Å². The summed E-state index contributed by atoms with van der Waals surface area (Å²) in [5.74, 6) is 0.860. The number of halogens is 3. The number of guanidine groups is 1. The van der Waals surface area contributed by atoms with Crippen LogP contribution < -0.4 is 5.32 Å². The smallest absolute Gasteiger partial charge is 0.193 e. The van der Waals surface area contributed by atoms with Crippen LogP contribution >= 0.6 is 47.2 Å². The maximum Gasteiger partial charge on any atom is 0.193 e. The molecule has 1 aromatic carbocycles. The summed E-state index contributed by atoms with van der Waals surface area (Å²) in [7, 11) is 8.09. The van der Waals surface area contributed by atoms with E-state index in [4.69, 9.17) is 27.9 Å². The Labute approximate surface area is 184 Å². The molecular weight excluding hydrogens is 486 g/mol. The lowest BCUT2D eigenvalue weighted by Gasteiger charge is -2.43. The number of rotatable bonds is 5. The van der Waals surface area contributed by atoms with Crippen LogP contribution in [0.1, 0.15) is 18.4 Å². The summed E-state index contributed by atoms with van der Waals surface area (Å²) in [5, 5.41) is 4.67. The van der Waals surface area contributed by atoms with E-state index in [0.29, 0.717) is 16.6 Å². The average Bonchev–Trinajstić information content (AvgIpc) is 2.59. The van der Waals surface area contributed by atoms with E-state index >= 15 is 0 Å². The monoisotopic (exact) mass is 514 g/mol. The van der Waals surface area contributed by atoms with Gasteiger partial charge in [0.05, 0.1) is 10.0 Å². The van der Waals surface area contributed by atoms with Crippen LogP contribution in [-0.2, 0) is 11.3 Å². The molecule has 1 aliphatic rings. The summed E-state index contributed by atoms with van der Waals surface area (Å²) in [6.07, 6.45) is 2.03. The Morgan fingerprint density at radius 2 is 1.85 bits per heavy atom. The highest BCUT2D eigenvalue weighted by Crippen LogP contribution is 2.25. The summed E-state index contributed by atoms with van der Waals surface area (Å²) in [6.45, 7) is 3.14. The molecule has 0 atom stereocenters. The standard InChI is InChI=1S/C18H28Cl2N4O.HI/c1-21-17(22-13-18(23(2)3)7-9-25-10-8-18)24(4)12-14-5-6-15(19)16(20)11-14;/h5-6,11H,7-10,12-13H2,1-4H3,(H,21,22);1H. The van der Waals surface area contributed by atoms with Crippen molar-refractivity contribution in [3.05, 3.63) is 33.8 Å². The van der Waals surface area contributed by atoms with Crippen molar-refractivity contribution in [3.63, 3.8) is 0 Å². The quantitative estimate of drug-likeness (QED) is 0.369. The highest BCUT2D eigenvalue weighted by atomic mass is 127. The fourth-order valence-corrected chi connectivity index (χ4v) is 3.47. The molecule has 0 saturated carbocycles. The van der Waals surface area contributed by atoms with Gasteiger partial charge in [0.1, 0.15) is 0 Å². The molecule has 0 unspecified atom stereocenters. The molecule has 0 aromatic heterocycles. The fourth-order valence-electron chi connectivity index (χ4n) is 3.15. The minimum atomic E-state index is 0. The third kappa shape index (κ3) is 6.12. The van der Waals surface area contributed by atoms with E-state index in [2.05, 4.69) is 34.2 Å². The van der Waals surface area contributed by atoms with Gasteiger partial charge >= 0.3 is 0 Å². The highest BCUT2D eigenvalue weighted by molar-refractivity contribution is 14.0. The van der Waals surface area contributed by atoms with Crippen molar-refractivity contribution in [1.29, 1.82) is 0 Å². The number of nitrogens with one attached hydrogen (secondary N) is 1. The van der Waals surface area contributed by atoms with Gasteiger partial charge in [0.15, 0.2) is 5.96 Å². The van der Waals surface area contributed by atoms with Gasteiger partial charge in [-0.1, -0.05) is 29.3 Å². The lowest BCUT2D eigenvalue weighted by molar-refractivity contribution is -0.00522. The fraction of sp³-hybridized carbons (Fsp3) is 0.611. The Kier molecular flexibility index (Phi) is 9.96. The molecule has 1 heterocycles. The maximum absolute atomic E-state index is 6.11. The van der Waals surface area contributed by atoms with E-state index in [1.54, 1.807) is 7.05 Å². The number of hydrogen-bond acceptors (Lipinski definition) is 3. The molecule has 0 amide bonds. The molecular formula is C18H29Cl2IN4O. The summed E-state index contributed by atoms with van der Waals surface area (Å²) >= 11 is 12.1. The number of nitrogens with zero attached hydrogens (tertiary/aromatic N) is 3. The number of ether oxygens (including phenoxy) is 1. The molecule has 8 heteroatoms. The van der Waals surface area contributed by atoms with Gasteiger partial charge in [-0.05, 0) is 44.6 Å². The van der Waals surface area contributed by atoms with Gasteiger partial charge in [0, 0.05) is 45.9 Å². The molecule has 1 saturated heterocycles. The maximum atomic E-state index is 6.11. The summed E-state index contributed by atoms with van der Waals surface area (Å²) < 4.78 is 5.54. The number of hydrogen-bond donors (Lipinski definition) is 1. The molecule has 0 spiro atoms. The van der Waals surface area contributed by atoms with Crippen molar-refractivity contribution in [2.75, 3.05) is 47.9 Å². The normalized spacial score (nSPS) is 17.0.